The van der Waals surface area contributed by atoms with Crippen LogP contribution in [-0.4, -0.2) is 23.5 Å². The average Bonchev–Trinajstić information content (AvgIpc) is 2.34. The highest BCUT2D eigenvalue weighted by atomic mass is 16.4. The van der Waals surface area contributed by atoms with E-state index >= 15 is 0 Å². The summed E-state index contributed by atoms with van der Waals surface area (Å²) in [6.45, 7) is 3.86. The van der Waals surface area contributed by atoms with Gasteiger partial charge in [-0.15, -0.1) is 0 Å². The molecule has 18 heavy (non-hydrogen) atoms. The van der Waals surface area contributed by atoms with E-state index in [9.17, 15) is 9.59 Å². The number of carbonyl (C=O) groups excluding carboxylic acids is 1. The molecule has 0 aliphatic carbocycles. The van der Waals surface area contributed by atoms with Crippen LogP contribution >= 0.6 is 0 Å². The Morgan fingerprint density at radius 3 is 2.39 bits per heavy atom. The fourth-order valence-electron chi connectivity index (χ4n) is 1.39. The molecule has 0 unspecified atom stereocenters. The molecule has 0 radical (unpaired) electrons. The summed E-state index contributed by atoms with van der Waals surface area (Å²) in [5.41, 5.74) is 2.15. The molecule has 0 aliphatic rings. The first kappa shape index (κ1) is 14.0. The van der Waals surface area contributed by atoms with Crippen molar-refractivity contribution in [3.05, 3.63) is 41.5 Å². The second-order valence-corrected chi connectivity index (χ2v) is 4.27. The maximum atomic E-state index is 11.2. The molecule has 1 aromatic carbocycles. The van der Waals surface area contributed by atoms with Crippen molar-refractivity contribution in [1.82, 2.24) is 5.32 Å². The third-order valence-electron chi connectivity index (χ3n) is 2.44. The number of nitrogens with one attached hydrogen (secondary N) is 1. The van der Waals surface area contributed by atoms with Gasteiger partial charge >= 0.3 is 5.97 Å². The van der Waals surface area contributed by atoms with E-state index in [1.54, 1.807) is 6.08 Å². The summed E-state index contributed by atoms with van der Waals surface area (Å²) >= 11 is 0. The number of hydrogen-bond acceptors (Lipinski definition) is 2. The molecular formula is C14H17NO3. The molecule has 0 aliphatic heterocycles. The van der Waals surface area contributed by atoms with Crippen molar-refractivity contribution in [2.75, 3.05) is 6.54 Å². The maximum Gasteiger partial charge on any atom is 0.322 e. The van der Waals surface area contributed by atoms with Gasteiger partial charge < -0.3 is 10.4 Å². The molecule has 0 saturated heterocycles. The Morgan fingerprint density at radius 2 is 1.89 bits per heavy atom. The van der Waals surface area contributed by atoms with E-state index in [2.05, 4.69) is 19.2 Å². The molecule has 0 fully saturated rings. The molecule has 0 bridgehead atoms. The molecule has 1 rings (SSSR count). The van der Waals surface area contributed by atoms with Gasteiger partial charge in [0.15, 0.2) is 0 Å². The van der Waals surface area contributed by atoms with E-state index in [4.69, 9.17) is 5.11 Å². The molecule has 2 N–H and O–H groups in total. The summed E-state index contributed by atoms with van der Waals surface area (Å²) in [4.78, 5) is 21.5. The van der Waals surface area contributed by atoms with E-state index in [0.29, 0.717) is 5.92 Å². The van der Waals surface area contributed by atoms with Gasteiger partial charge in [0.25, 0.3) is 0 Å². The van der Waals surface area contributed by atoms with E-state index in [0.717, 1.165) is 5.56 Å². The third kappa shape index (κ3) is 4.82. The van der Waals surface area contributed by atoms with Crippen LogP contribution in [0.1, 0.15) is 30.9 Å². The zero-order valence-electron chi connectivity index (χ0n) is 10.5. The predicted molar refractivity (Wildman–Crippen MR) is 70.2 cm³/mol. The van der Waals surface area contributed by atoms with Gasteiger partial charge in [0.2, 0.25) is 5.91 Å². The first-order valence-corrected chi connectivity index (χ1v) is 5.76. The molecule has 1 aromatic rings. The molecule has 0 aromatic heterocycles. The summed E-state index contributed by atoms with van der Waals surface area (Å²) in [5, 5.41) is 10.6. The molecular weight excluding hydrogens is 230 g/mol. The van der Waals surface area contributed by atoms with Crippen molar-refractivity contribution in [2.24, 2.45) is 0 Å². The lowest BCUT2D eigenvalue weighted by Gasteiger charge is -2.04. The average molecular weight is 247 g/mol. The molecule has 0 spiro atoms. The Kier molecular flexibility index (Phi) is 5.11. The van der Waals surface area contributed by atoms with Gasteiger partial charge in [-0.25, -0.2) is 0 Å². The second-order valence-electron chi connectivity index (χ2n) is 4.27. The van der Waals surface area contributed by atoms with Gasteiger partial charge in [-0.1, -0.05) is 38.1 Å². The molecule has 4 nitrogen and oxygen atoms in total. The Morgan fingerprint density at radius 1 is 1.28 bits per heavy atom. The fraction of sp³-hybridized carbons (Fsp3) is 0.286. The summed E-state index contributed by atoms with van der Waals surface area (Å²) in [6, 6.07) is 7.88. The fourth-order valence-corrected chi connectivity index (χ4v) is 1.39. The SMILES string of the molecule is CC(C)c1ccc(C=CC(=O)NCC(=O)O)cc1. The quantitative estimate of drug-likeness (QED) is 0.782. The van der Waals surface area contributed by atoms with Gasteiger partial charge in [-0.05, 0) is 23.1 Å². The minimum absolute atomic E-state index is 0.366. The molecule has 0 heterocycles. The Balaban J connectivity index is 2.56. The number of amides is 1. The zero-order valence-corrected chi connectivity index (χ0v) is 10.5. The summed E-state index contributed by atoms with van der Waals surface area (Å²) in [6.07, 6.45) is 2.98. The van der Waals surface area contributed by atoms with E-state index in [1.807, 2.05) is 24.3 Å². The normalized spacial score (nSPS) is 10.8. The highest BCUT2D eigenvalue weighted by molar-refractivity contribution is 5.93. The lowest BCUT2D eigenvalue weighted by Crippen LogP contribution is -2.27. The van der Waals surface area contributed by atoms with Crippen LogP contribution in [0.15, 0.2) is 30.3 Å². The van der Waals surface area contributed by atoms with Crippen LogP contribution in [-0.2, 0) is 9.59 Å². The largest absolute Gasteiger partial charge is 0.480 e. The van der Waals surface area contributed by atoms with Crippen molar-refractivity contribution in [2.45, 2.75) is 19.8 Å². The molecule has 1 amide bonds. The second kappa shape index (κ2) is 6.59. The smallest absolute Gasteiger partial charge is 0.322 e. The van der Waals surface area contributed by atoms with E-state index in [1.165, 1.54) is 11.6 Å². The lowest BCUT2D eigenvalue weighted by atomic mass is 10.0. The lowest BCUT2D eigenvalue weighted by molar-refractivity contribution is -0.137. The van der Waals surface area contributed by atoms with Crippen LogP contribution in [0.25, 0.3) is 6.08 Å². The van der Waals surface area contributed by atoms with E-state index in [-0.39, 0.29) is 6.54 Å². The van der Waals surface area contributed by atoms with Crippen molar-refractivity contribution < 1.29 is 14.7 Å². The van der Waals surface area contributed by atoms with Crippen LogP contribution in [0.4, 0.5) is 0 Å². The first-order chi connectivity index (χ1) is 8.49. The predicted octanol–water partition coefficient (Wildman–Crippen LogP) is 2.02. The van der Waals surface area contributed by atoms with Gasteiger partial charge in [0, 0.05) is 6.08 Å². The number of aliphatic carboxylic acids is 1. The van der Waals surface area contributed by atoms with Gasteiger partial charge in [-0.2, -0.15) is 0 Å². The number of carbonyl (C=O) groups is 2. The monoisotopic (exact) mass is 247 g/mol. The molecule has 4 heteroatoms. The number of benzene rings is 1. The Bertz CT molecular complexity index is 447. The Labute approximate surface area is 106 Å². The van der Waals surface area contributed by atoms with Crippen molar-refractivity contribution in [3.8, 4) is 0 Å². The number of hydrogen-bond donors (Lipinski definition) is 2. The summed E-state index contributed by atoms with van der Waals surface area (Å²) in [5.74, 6) is -0.995. The minimum atomic E-state index is -1.06. The van der Waals surface area contributed by atoms with Crippen LogP contribution in [0.5, 0.6) is 0 Å². The number of rotatable bonds is 5. The topological polar surface area (TPSA) is 66.4 Å². The summed E-state index contributed by atoms with van der Waals surface area (Å²) in [7, 11) is 0. The van der Waals surface area contributed by atoms with Crippen LogP contribution in [0.3, 0.4) is 0 Å². The third-order valence-corrected chi connectivity index (χ3v) is 2.44. The molecule has 96 valence electrons. The highest BCUT2D eigenvalue weighted by Crippen LogP contribution is 2.15. The van der Waals surface area contributed by atoms with Gasteiger partial charge in [-0.3, -0.25) is 9.59 Å². The highest BCUT2D eigenvalue weighted by Gasteiger charge is 2.00. The van der Waals surface area contributed by atoms with Crippen molar-refractivity contribution in [1.29, 1.82) is 0 Å². The van der Waals surface area contributed by atoms with E-state index < -0.39 is 11.9 Å². The first-order valence-electron chi connectivity index (χ1n) is 5.76. The van der Waals surface area contributed by atoms with Gasteiger partial charge in [0.1, 0.15) is 6.54 Å². The molecule has 0 atom stereocenters. The van der Waals surface area contributed by atoms with Crippen LogP contribution < -0.4 is 5.32 Å². The van der Waals surface area contributed by atoms with Crippen LogP contribution in [0.2, 0.25) is 0 Å². The standard InChI is InChI=1S/C14H17NO3/c1-10(2)12-6-3-11(4-7-12)5-8-13(16)15-9-14(17)18/h3-8,10H,9H2,1-2H3,(H,15,16)(H,17,18). The van der Waals surface area contributed by atoms with Crippen molar-refractivity contribution >= 4 is 18.0 Å². The van der Waals surface area contributed by atoms with Crippen molar-refractivity contribution in [3.63, 3.8) is 0 Å². The summed E-state index contributed by atoms with van der Waals surface area (Å²) < 4.78 is 0. The Hall–Kier alpha value is -2.10. The number of carboxylic acid groups (broad SMARTS) is 1. The van der Waals surface area contributed by atoms with Gasteiger partial charge in [0.05, 0.1) is 0 Å². The number of carboxylic acids is 1. The zero-order chi connectivity index (χ0) is 13.5. The maximum absolute atomic E-state index is 11.2. The molecule has 0 saturated carbocycles. The van der Waals surface area contributed by atoms with Crippen LogP contribution in [0, 0.1) is 0 Å². The minimum Gasteiger partial charge on any atom is -0.480 e.